The maximum atomic E-state index is 13.1. The summed E-state index contributed by atoms with van der Waals surface area (Å²) in [4.78, 5) is 34.9. The van der Waals surface area contributed by atoms with Crippen molar-refractivity contribution in [3.63, 3.8) is 0 Å². The monoisotopic (exact) mass is 385 g/mol. The van der Waals surface area contributed by atoms with Gasteiger partial charge in [0.15, 0.2) is 0 Å². The van der Waals surface area contributed by atoms with Crippen molar-refractivity contribution in [3.8, 4) is 0 Å². The molecule has 27 heavy (non-hydrogen) atoms. The zero-order valence-electron chi connectivity index (χ0n) is 16.1. The number of hydrogen-bond donors (Lipinski definition) is 1. The predicted octanol–water partition coefficient (Wildman–Crippen LogP) is 4.30. The van der Waals surface area contributed by atoms with E-state index in [2.05, 4.69) is 4.98 Å². The van der Waals surface area contributed by atoms with Crippen LogP contribution < -0.4 is 0 Å². The van der Waals surface area contributed by atoms with Crippen LogP contribution >= 0.6 is 11.3 Å². The second-order valence-corrected chi connectivity index (χ2v) is 8.84. The molecule has 0 aromatic carbocycles. The number of thiophene rings is 1. The van der Waals surface area contributed by atoms with Crippen LogP contribution in [0.3, 0.4) is 0 Å². The minimum Gasteiger partial charge on any atom is -0.354 e. The molecule has 0 saturated carbocycles. The van der Waals surface area contributed by atoms with Crippen LogP contribution in [-0.4, -0.2) is 46.2 Å². The van der Waals surface area contributed by atoms with Crippen molar-refractivity contribution in [1.29, 1.82) is 0 Å². The topological polar surface area (TPSA) is 56.4 Å². The number of nitrogens with one attached hydrogen (secondary N) is 1. The van der Waals surface area contributed by atoms with Crippen molar-refractivity contribution >= 4 is 23.2 Å². The molecule has 2 saturated heterocycles. The normalized spacial score (nSPS) is 20.3. The van der Waals surface area contributed by atoms with Crippen molar-refractivity contribution in [2.24, 2.45) is 0 Å². The third kappa shape index (κ3) is 3.55. The van der Waals surface area contributed by atoms with Crippen LogP contribution in [0.25, 0.3) is 0 Å². The molecule has 4 heterocycles. The second-order valence-electron chi connectivity index (χ2n) is 7.72. The van der Waals surface area contributed by atoms with E-state index in [9.17, 15) is 9.59 Å². The number of aromatic nitrogens is 1. The van der Waals surface area contributed by atoms with Crippen LogP contribution in [0.2, 0.25) is 0 Å². The summed E-state index contributed by atoms with van der Waals surface area (Å²) in [7, 11) is 0. The van der Waals surface area contributed by atoms with Gasteiger partial charge in [-0.2, -0.15) is 0 Å². The molecule has 1 unspecified atom stereocenters. The van der Waals surface area contributed by atoms with Gasteiger partial charge in [-0.15, -0.1) is 11.3 Å². The Morgan fingerprint density at radius 1 is 1.04 bits per heavy atom. The molecule has 5 nitrogen and oxygen atoms in total. The number of likely N-dealkylation sites (tertiary alicyclic amines) is 2. The highest BCUT2D eigenvalue weighted by molar-refractivity contribution is 7.14. The van der Waals surface area contributed by atoms with E-state index in [0.717, 1.165) is 66.3 Å². The fourth-order valence-corrected chi connectivity index (χ4v) is 5.42. The maximum Gasteiger partial charge on any atom is 0.271 e. The zero-order valence-corrected chi connectivity index (χ0v) is 16.9. The van der Waals surface area contributed by atoms with Gasteiger partial charge in [-0.3, -0.25) is 9.59 Å². The van der Waals surface area contributed by atoms with Crippen LogP contribution in [0, 0.1) is 13.8 Å². The lowest BCUT2D eigenvalue weighted by Crippen LogP contribution is -2.35. The van der Waals surface area contributed by atoms with Crippen molar-refractivity contribution in [2.75, 3.05) is 19.6 Å². The molecule has 1 N–H and O–H groups in total. The van der Waals surface area contributed by atoms with Gasteiger partial charge in [0.1, 0.15) is 5.69 Å². The van der Waals surface area contributed by atoms with Gasteiger partial charge in [0.25, 0.3) is 11.8 Å². The molecule has 2 aromatic rings. The van der Waals surface area contributed by atoms with E-state index in [-0.39, 0.29) is 17.9 Å². The number of aromatic amines is 1. The summed E-state index contributed by atoms with van der Waals surface area (Å²) in [6.07, 6.45) is 5.38. The molecule has 0 aliphatic carbocycles. The van der Waals surface area contributed by atoms with Gasteiger partial charge in [0.2, 0.25) is 0 Å². The van der Waals surface area contributed by atoms with E-state index in [1.54, 1.807) is 11.3 Å². The van der Waals surface area contributed by atoms with Crippen molar-refractivity contribution in [2.45, 2.75) is 52.0 Å². The van der Waals surface area contributed by atoms with Crippen LogP contribution in [0.4, 0.5) is 0 Å². The molecule has 2 amide bonds. The van der Waals surface area contributed by atoms with Gasteiger partial charge in [-0.05, 0) is 69.7 Å². The number of rotatable bonds is 3. The smallest absolute Gasteiger partial charge is 0.271 e. The lowest BCUT2D eigenvalue weighted by Gasteiger charge is -2.26. The molecule has 144 valence electrons. The van der Waals surface area contributed by atoms with Gasteiger partial charge in [-0.1, -0.05) is 0 Å². The minimum absolute atomic E-state index is 0.0698. The molecule has 0 bridgehead atoms. The van der Waals surface area contributed by atoms with E-state index in [1.165, 1.54) is 6.42 Å². The molecule has 6 heteroatoms. The molecule has 4 rings (SSSR count). The summed E-state index contributed by atoms with van der Waals surface area (Å²) in [6, 6.07) is 6.08. The quantitative estimate of drug-likeness (QED) is 0.856. The van der Waals surface area contributed by atoms with Gasteiger partial charge in [-0.25, -0.2) is 0 Å². The van der Waals surface area contributed by atoms with Crippen molar-refractivity contribution < 1.29 is 9.59 Å². The zero-order chi connectivity index (χ0) is 19.0. The fraction of sp³-hybridized carbons (Fsp3) is 0.524. The lowest BCUT2D eigenvalue weighted by molar-refractivity contribution is 0.0724. The average molecular weight is 386 g/mol. The molecule has 2 aliphatic rings. The summed E-state index contributed by atoms with van der Waals surface area (Å²) in [5.41, 5.74) is 2.70. The van der Waals surface area contributed by atoms with Gasteiger partial charge in [0.05, 0.1) is 10.9 Å². The van der Waals surface area contributed by atoms with Crippen LogP contribution in [0.15, 0.2) is 18.2 Å². The van der Waals surface area contributed by atoms with Crippen LogP contribution in [0.1, 0.15) is 74.4 Å². The number of carbonyl (C=O) groups is 2. The van der Waals surface area contributed by atoms with E-state index in [4.69, 9.17) is 0 Å². The van der Waals surface area contributed by atoms with E-state index in [0.29, 0.717) is 5.69 Å². The third-order valence-corrected chi connectivity index (χ3v) is 6.86. The summed E-state index contributed by atoms with van der Waals surface area (Å²) >= 11 is 1.56. The Labute approximate surface area is 164 Å². The molecule has 2 aliphatic heterocycles. The van der Waals surface area contributed by atoms with Gasteiger partial charge in [0, 0.05) is 30.2 Å². The Kier molecular flexibility index (Phi) is 5.08. The molecule has 1 atom stereocenters. The number of piperidine rings is 1. The average Bonchev–Trinajstić information content (AvgIpc) is 3.40. The molecule has 2 aromatic heterocycles. The minimum atomic E-state index is 0.0698. The summed E-state index contributed by atoms with van der Waals surface area (Å²) in [5.74, 6) is 0.220. The first-order valence-corrected chi connectivity index (χ1v) is 10.7. The number of amides is 2. The van der Waals surface area contributed by atoms with E-state index < -0.39 is 0 Å². The van der Waals surface area contributed by atoms with Crippen LogP contribution in [-0.2, 0) is 0 Å². The highest BCUT2D eigenvalue weighted by atomic mass is 32.1. The lowest BCUT2D eigenvalue weighted by atomic mass is 10.1. The fourth-order valence-electron chi connectivity index (χ4n) is 4.30. The maximum absolute atomic E-state index is 13.1. The highest BCUT2D eigenvalue weighted by Crippen LogP contribution is 2.37. The first kappa shape index (κ1) is 18.3. The number of carbonyl (C=O) groups excluding carboxylic acids is 2. The Bertz CT molecular complexity index is 847. The summed E-state index contributed by atoms with van der Waals surface area (Å²) < 4.78 is 0. The molecular weight excluding hydrogens is 358 g/mol. The van der Waals surface area contributed by atoms with Gasteiger partial charge >= 0.3 is 0 Å². The standard InChI is InChI=1S/C21H27N3O2S/c1-14-13-15(2)22-19(14)21(26)24-12-6-7-16(24)17-8-9-18(27-17)20(25)23-10-4-3-5-11-23/h8-9,13,16,22H,3-7,10-12H2,1-2H3. The van der Waals surface area contributed by atoms with Crippen molar-refractivity contribution in [3.05, 3.63) is 44.9 Å². The van der Waals surface area contributed by atoms with Crippen LogP contribution in [0.5, 0.6) is 0 Å². The van der Waals surface area contributed by atoms with E-state index in [1.807, 2.05) is 41.8 Å². The Morgan fingerprint density at radius 2 is 1.81 bits per heavy atom. The Morgan fingerprint density at radius 3 is 2.52 bits per heavy atom. The predicted molar refractivity (Wildman–Crippen MR) is 107 cm³/mol. The Balaban J connectivity index is 1.52. The van der Waals surface area contributed by atoms with Crippen molar-refractivity contribution in [1.82, 2.24) is 14.8 Å². The number of nitrogens with zero attached hydrogens (tertiary/aromatic N) is 2. The molecule has 0 spiro atoms. The summed E-state index contributed by atoms with van der Waals surface area (Å²) in [5, 5.41) is 0. The Hall–Kier alpha value is -2.08. The second kappa shape index (κ2) is 7.50. The molecule has 2 fully saturated rings. The first-order valence-electron chi connectivity index (χ1n) is 9.91. The highest BCUT2D eigenvalue weighted by Gasteiger charge is 2.33. The first-order chi connectivity index (χ1) is 13.0. The summed E-state index contributed by atoms with van der Waals surface area (Å²) in [6.45, 7) is 6.46. The third-order valence-electron chi connectivity index (χ3n) is 5.69. The van der Waals surface area contributed by atoms with E-state index >= 15 is 0 Å². The molecular formula is C21H27N3O2S. The largest absolute Gasteiger partial charge is 0.354 e. The number of hydrogen-bond acceptors (Lipinski definition) is 3. The molecule has 0 radical (unpaired) electrons. The van der Waals surface area contributed by atoms with Gasteiger partial charge < -0.3 is 14.8 Å². The SMILES string of the molecule is Cc1cc(C)c(C(=O)N2CCCC2c2ccc(C(=O)N3CCCCC3)s2)[nH]1. The number of H-pyrrole nitrogens is 1. The number of aryl methyl sites for hydroxylation is 2.